The van der Waals surface area contributed by atoms with Gasteiger partial charge in [0, 0.05) is 0 Å². The van der Waals surface area contributed by atoms with Crippen LogP contribution in [0.15, 0.2) is 22.7 Å². The van der Waals surface area contributed by atoms with E-state index in [0.717, 1.165) is 0 Å². The van der Waals surface area contributed by atoms with Crippen LogP contribution in [0.3, 0.4) is 0 Å². The quantitative estimate of drug-likeness (QED) is 0.769. The molecule has 0 saturated heterocycles. The first-order chi connectivity index (χ1) is 5.13. The standard InChI is InChI=1S/C8H8BrFO/c1-5(11)6-3-2-4-7(10)8(6)9/h2-5,11H,1H3/t5-/m0/s1. The Hall–Kier alpha value is -0.410. The lowest BCUT2D eigenvalue weighted by atomic mass is 10.1. The summed E-state index contributed by atoms with van der Waals surface area (Å²) >= 11 is 3.05. The highest BCUT2D eigenvalue weighted by atomic mass is 79.9. The summed E-state index contributed by atoms with van der Waals surface area (Å²) < 4.78 is 13.1. The molecule has 0 saturated carbocycles. The normalized spacial score (nSPS) is 13.1. The largest absolute Gasteiger partial charge is 0.389 e. The van der Waals surface area contributed by atoms with Crippen molar-refractivity contribution in [3.63, 3.8) is 0 Å². The van der Waals surface area contributed by atoms with Crippen LogP contribution in [0, 0.1) is 5.82 Å². The van der Waals surface area contributed by atoms with E-state index in [1.54, 1.807) is 19.1 Å². The molecule has 1 aromatic carbocycles. The summed E-state index contributed by atoms with van der Waals surface area (Å²) in [7, 11) is 0. The monoisotopic (exact) mass is 218 g/mol. The Morgan fingerprint density at radius 1 is 1.55 bits per heavy atom. The number of aliphatic hydroxyl groups is 1. The molecule has 3 heteroatoms. The van der Waals surface area contributed by atoms with Crippen LogP contribution < -0.4 is 0 Å². The van der Waals surface area contributed by atoms with Gasteiger partial charge in [-0.25, -0.2) is 4.39 Å². The lowest BCUT2D eigenvalue weighted by Gasteiger charge is -2.06. The van der Waals surface area contributed by atoms with Crippen LogP contribution in [0.5, 0.6) is 0 Å². The molecule has 0 fully saturated rings. The Bertz CT molecular complexity index is 260. The van der Waals surface area contributed by atoms with Gasteiger partial charge in [-0.3, -0.25) is 0 Å². The van der Waals surface area contributed by atoms with Crippen molar-refractivity contribution < 1.29 is 9.50 Å². The predicted octanol–water partition coefficient (Wildman–Crippen LogP) is 2.64. The second kappa shape index (κ2) is 3.32. The van der Waals surface area contributed by atoms with E-state index in [0.29, 0.717) is 10.0 Å². The first-order valence-electron chi connectivity index (χ1n) is 3.25. The molecule has 60 valence electrons. The topological polar surface area (TPSA) is 20.2 Å². The zero-order chi connectivity index (χ0) is 8.43. The van der Waals surface area contributed by atoms with Crippen LogP contribution in [0.1, 0.15) is 18.6 Å². The summed E-state index contributed by atoms with van der Waals surface area (Å²) in [5, 5.41) is 9.13. The van der Waals surface area contributed by atoms with Crippen LogP contribution in [0.4, 0.5) is 4.39 Å². The first-order valence-corrected chi connectivity index (χ1v) is 4.04. The molecule has 0 heterocycles. The Labute approximate surface area is 73.0 Å². The number of hydrogen-bond acceptors (Lipinski definition) is 1. The molecule has 0 aliphatic heterocycles. The van der Waals surface area contributed by atoms with Gasteiger partial charge in [0.05, 0.1) is 10.6 Å². The van der Waals surface area contributed by atoms with Gasteiger partial charge in [-0.15, -0.1) is 0 Å². The van der Waals surface area contributed by atoms with Gasteiger partial charge in [0.25, 0.3) is 0 Å². The summed E-state index contributed by atoms with van der Waals surface area (Å²) in [5.74, 6) is -0.344. The molecule has 1 nitrogen and oxygen atoms in total. The minimum absolute atomic E-state index is 0.343. The third-order valence-electron chi connectivity index (χ3n) is 1.43. The van der Waals surface area contributed by atoms with Crippen molar-refractivity contribution in [1.82, 2.24) is 0 Å². The Morgan fingerprint density at radius 2 is 2.18 bits per heavy atom. The third-order valence-corrected chi connectivity index (χ3v) is 2.27. The van der Waals surface area contributed by atoms with Crippen LogP contribution in [-0.4, -0.2) is 5.11 Å². The van der Waals surface area contributed by atoms with E-state index in [1.807, 2.05) is 0 Å². The molecule has 0 aliphatic rings. The highest BCUT2D eigenvalue weighted by molar-refractivity contribution is 9.10. The number of rotatable bonds is 1. The fraction of sp³-hybridized carbons (Fsp3) is 0.250. The van der Waals surface area contributed by atoms with Crippen molar-refractivity contribution in [3.8, 4) is 0 Å². The molecule has 0 bridgehead atoms. The van der Waals surface area contributed by atoms with Crippen molar-refractivity contribution in [2.24, 2.45) is 0 Å². The van der Waals surface area contributed by atoms with E-state index in [9.17, 15) is 4.39 Å². The van der Waals surface area contributed by atoms with Gasteiger partial charge < -0.3 is 5.11 Å². The van der Waals surface area contributed by atoms with E-state index in [2.05, 4.69) is 15.9 Å². The summed E-state index contributed by atoms with van der Waals surface area (Å²) in [6.07, 6.45) is -0.639. The average Bonchev–Trinajstić information content (AvgIpc) is 1.94. The van der Waals surface area contributed by atoms with Gasteiger partial charge >= 0.3 is 0 Å². The van der Waals surface area contributed by atoms with Gasteiger partial charge in [-0.1, -0.05) is 12.1 Å². The van der Waals surface area contributed by atoms with Gasteiger partial charge in [-0.2, -0.15) is 0 Å². The van der Waals surface area contributed by atoms with Crippen molar-refractivity contribution in [1.29, 1.82) is 0 Å². The van der Waals surface area contributed by atoms with Crippen LogP contribution in [0.2, 0.25) is 0 Å². The zero-order valence-corrected chi connectivity index (χ0v) is 7.60. The second-order valence-electron chi connectivity index (χ2n) is 2.32. The van der Waals surface area contributed by atoms with E-state index in [4.69, 9.17) is 5.11 Å². The molecule has 0 aromatic heterocycles. The summed E-state index contributed by atoms with van der Waals surface area (Å²) in [6, 6.07) is 4.59. The lowest BCUT2D eigenvalue weighted by molar-refractivity contribution is 0.198. The smallest absolute Gasteiger partial charge is 0.137 e. The molecule has 0 amide bonds. The third kappa shape index (κ3) is 1.79. The fourth-order valence-electron chi connectivity index (χ4n) is 0.843. The van der Waals surface area contributed by atoms with Crippen molar-refractivity contribution in [2.75, 3.05) is 0 Å². The molecule has 1 atom stereocenters. The molecule has 1 N–H and O–H groups in total. The minimum Gasteiger partial charge on any atom is -0.389 e. The zero-order valence-electron chi connectivity index (χ0n) is 6.01. The summed E-state index contributed by atoms with van der Waals surface area (Å²) in [4.78, 5) is 0. The molecular formula is C8H8BrFO. The fourth-order valence-corrected chi connectivity index (χ4v) is 1.44. The first kappa shape index (κ1) is 8.68. The molecule has 11 heavy (non-hydrogen) atoms. The van der Waals surface area contributed by atoms with E-state index >= 15 is 0 Å². The molecular weight excluding hydrogens is 211 g/mol. The van der Waals surface area contributed by atoms with Crippen LogP contribution in [0.25, 0.3) is 0 Å². The number of halogens is 2. The predicted molar refractivity (Wildman–Crippen MR) is 44.7 cm³/mol. The highest BCUT2D eigenvalue weighted by Gasteiger charge is 2.08. The molecule has 0 spiro atoms. The van der Waals surface area contributed by atoms with Gasteiger partial charge in [-0.05, 0) is 34.5 Å². The average molecular weight is 219 g/mol. The Morgan fingerprint density at radius 3 is 2.64 bits per heavy atom. The maximum absolute atomic E-state index is 12.8. The Kier molecular flexibility index (Phi) is 2.62. The summed E-state index contributed by atoms with van der Waals surface area (Å²) in [6.45, 7) is 1.60. The van der Waals surface area contributed by atoms with E-state index in [1.165, 1.54) is 6.07 Å². The summed E-state index contributed by atoms with van der Waals surface area (Å²) in [5.41, 5.74) is 0.574. The molecule has 0 radical (unpaired) electrons. The molecule has 1 rings (SSSR count). The van der Waals surface area contributed by atoms with Crippen molar-refractivity contribution in [2.45, 2.75) is 13.0 Å². The Balaban J connectivity index is 3.17. The van der Waals surface area contributed by atoms with Crippen molar-refractivity contribution >= 4 is 15.9 Å². The highest BCUT2D eigenvalue weighted by Crippen LogP contribution is 2.25. The van der Waals surface area contributed by atoms with Gasteiger partial charge in [0.1, 0.15) is 5.82 Å². The number of aliphatic hydroxyl groups excluding tert-OH is 1. The van der Waals surface area contributed by atoms with Crippen molar-refractivity contribution in [3.05, 3.63) is 34.1 Å². The van der Waals surface area contributed by atoms with Gasteiger partial charge in [0.15, 0.2) is 0 Å². The van der Waals surface area contributed by atoms with Crippen LogP contribution >= 0.6 is 15.9 Å². The molecule has 1 aromatic rings. The second-order valence-corrected chi connectivity index (χ2v) is 3.11. The SMILES string of the molecule is C[C@H](O)c1cccc(F)c1Br. The molecule has 0 unspecified atom stereocenters. The number of hydrogen-bond donors (Lipinski definition) is 1. The van der Waals surface area contributed by atoms with Gasteiger partial charge in [0.2, 0.25) is 0 Å². The lowest BCUT2D eigenvalue weighted by Crippen LogP contribution is -1.93. The van der Waals surface area contributed by atoms with Crippen LogP contribution in [-0.2, 0) is 0 Å². The van der Waals surface area contributed by atoms with E-state index in [-0.39, 0.29) is 5.82 Å². The number of benzene rings is 1. The maximum atomic E-state index is 12.8. The maximum Gasteiger partial charge on any atom is 0.137 e. The minimum atomic E-state index is -0.639. The van der Waals surface area contributed by atoms with E-state index < -0.39 is 6.10 Å². The molecule has 0 aliphatic carbocycles.